The van der Waals surface area contributed by atoms with Gasteiger partial charge in [-0.05, 0) is 54.4 Å². The highest BCUT2D eigenvalue weighted by atomic mass is 19.1. The first-order chi connectivity index (χ1) is 22.2. The number of likely N-dealkylation sites (tertiary alicyclic amines) is 1. The lowest BCUT2D eigenvalue weighted by Crippen LogP contribution is -2.30. The molecule has 1 atom stereocenters. The van der Waals surface area contributed by atoms with Crippen molar-refractivity contribution in [2.75, 3.05) is 33.1 Å². The molecule has 1 fully saturated rings. The number of ether oxygens (including phenoxy) is 2. The SMILES string of the molecule is CNC(=O)c1ccc(-c2nn(Cc3ccc(OC)cc3)c3nccc(Oc4ccc(NC(=O)C5CCN(C)C5=O)cc4F)c23)cc1. The first kappa shape index (κ1) is 30.3. The van der Waals surface area contributed by atoms with Gasteiger partial charge >= 0.3 is 0 Å². The van der Waals surface area contributed by atoms with E-state index in [2.05, 4.69) is 15.6 Å². The molecule has 0 saturated carbocycles. The van der Waals surface area contributed by atoms with Crippen LogP contribution < -0.4 is 20.1 Å². The molecule has 2 N–H and O–H groups in total. The molecule has 0 aliphatic carbocycles. The maximum absolute atomic E-state index is 15.4. The minimum absolute atomic E-state index is 0.0778. The quantitative estimate of drug-likeness (QED) is 0.225. The van der Waals surface area contributed by atoms with Gasteiger partial charge in [0.25, 0.3) is 5.91 Å². The highest BCUT2D eigenvalue weighted by Crippen LogP contribution is 2.38. The third-order valence-corrected chi connectivity index (χ3v) is 7.90. The standard InChI is InChI=1S/C34H31FN6O5/c1-36-32(42)22-8-6-21(7-9-22)30-29-28(14-16-37-31(29)41(39-30)19-20-4-11-24(45-3)12-5-20)46-27-13-10-23(18-26(27)35)38-33(43)25-15-17-40(2)34(25)44/h4-14,16,18,25H,15,17,19H2,1-3H3,(H,36,42)(H,38,43). The van der Waals surface area contributed by atoms with Gasteiger partial charge in [0, 0.05) is 49.7 Å². The number of anilines is 1. The number of carbonyl (C=O) groups is 3. The van der Waals surface area contributed by atoms with Crippen molar-refractivity contribution >= 4 is 34.4 Å². The third kappa shape index (κ3) is 5.96. The van der Waals surface area contributed by atoms with Gasteiger partial charge in [0.2, 0.25) is 11.8 Å². The number of amides is 3. The minimum Gasteiger partial charge on any atom is -0.497 e. The Bertz CT molecular complexity index is 1940. The van der Waals surface area contributed by atoms with Crippen LogP contribution in [0.5, 0.6) is 17.2 Å². The number of rotatable bonds is 9. The van der Waals surface area contributed by atoms with Crippen molar-refractivity contribution in [1.82, 2.24) is 25.0 Å². The lowest BCUT2D eigenvalue weighted by molar-refractivity contribution is -0.134. The molecule has 11 nitrogen and oxygen atoms in total. The molecule has 0 radical (unpaired) electrons. The molecule has 6 rings (SSSR count). The molecule has 1 unspecified atom stereocenters. The van der Waals surface area contributed by atoms with Crippen LogP contribution in [0.2, 0.25) is 0 Å². The molecule has 0 spiro atoms. The van der Waals surface area contributed by atoms with Crippen LogP contribution in [0.3, 0.4) is 0 Å². The van der Waals surface area contributed by atoms with Gasteiger partial charge < -0.3 is 25.0 Å². The largest absolute Gasteiger partial charge is 0.497 e. The zero-order valence-electron chi connectivity index (χ0n) is 25.4. The number of halogens is 1. The van der Waals surface area contributed by atoms with Crippen molar-refractivity contribution in [2.45, 2.75) is 13.0 Å². The highest BCUT2D eigenvalue weighted by molar-refractivity contribution is 6.07. The number of carbonyl (C=O) groups excluding carboxylic acids is 3. The van der Waals surface area contributed by atoms with Crippen LogP contribution in [0.4, 0.5) is 10.1 Å². The Morgan fingerprint density at radius 3 is 2.43 bits per heavy atom. The van der Waals surface area contributed by atoms with Crippen LogP contribution >= 0.6 is 0 Å². The molecule has 0 bridgehead atoms. The number of hydrogen-bond donors (Lipinski definition) is 2. The summed E-state index contributed by atoms with van der Waals surface area (Å²) in [5.74, 6) is -1.50. The molecule has 2 aromatic heterocycles. The normalized spacial score (nSPS) is 14.4. The van der Waals surface area contributed by atoms with Gasteiger partial charge in [0.15, 0.2) is 17.2 Å². The van der Waals surface area contributed by atoms with Gasteiger partial charge in [-0.2, -0.15) is 5.10 Å². The van der Waals surface area contributed by atoms with Crippen molar-refractivity contribution in [3.63, 3.8) is 0 Å². The summed E-state index contributed by atoms with van der Waals surface area (Å²) in [6.07, 6.45) is 1.97. The van der Waals surface area contributed by atoms with E-state index in [1.54, 1.807) is 62.4 Å². The summed E-state index contributed by atoms with van der Waals surface area (Å²) >= 11 is 0. The van der Waals surface area contributed by atoms with Gasteiger partial charge in [-0.1, -0.05) is 24.3 Å². The van der Waals surface area contributed by atoms with Crippen LogP contribution in [0.1, 0.15) is 22.3 Å². The van der Waals surface area contributed by atoms with Crippen molar-refractivity contribution in [3.05, 3.63) is 95.9 Å². The van der Waals surface area contributed by atoms with Gasteiger partial charge in [0.05, 0.1) is 19.0 Å². The molecule has 3 aromatic carbocycles. The van der Waals surface area contributed by atoms with Gasteiger partial charge in [-0.15, -0.1) is 0 Å². The molecule has 46 heavy (non-hydrogen) atoms. The average Bonchev–Trinajstić information content (AvgIpc) is 3.61. The molecular formula is C34H31FN6O5. The van der Waals surface area contributed by atoms with E-state index in [4.69, 9.17) is 14.6 Å². The number of aromatic nitrogens is 3. The number of nitrogens with one attached hydrogen (secondary N) is 2. The smallest absolute Gasteiger partial charge is 0.251 e. The van der Waals surface area contributed by atoms with Crippen molar-refractivity contribution in [1.29, 1.82) is 0 Å². The summed E-state index contributed by atoms with van der Waals surface area (Å²) in [5, 5.41) is 10.7. The first-order valence-corrected chi connectivity index (χ1v) is 14.6. The van der Waals surface area contributed by atoms with Crippen LogP contribution in [0.15, 0.2) is 79.0 Å². The van der Waals surface area contributed by atoms with E-state index in [9.17, 15) is 14.4 Å². The summed E-state index contributed by atoms with van der Waals surface area (Å²) in [6.45, 7) is 0.880. The van der Waals surface area contributed by atoms with Crippen LogP contribution in [-0.4, -0.2) is 65.1 Å². The van der Waals surface area contributed by atoms with E-state index in [0.29, 0.717) is 53.1 Å². The number of fused-ring (bicyclic) bond motifs is 1. The fraction of sp³-hybridized carbons (Fsp3) is 0.206. The first-order valence-electron chi connectivity index (χ1n) is 14.6. The number of benzene rings is 3. The fourth-order valence-electron chi connectivity index (χ4n) is 5.37. The summed E-state index contributed by atoms with van der Waals surface area (Å²) < 4.78 is 28.5. The number of methoxy groups -OCH3 is 1. The summed E-state index contributed by atoms with van der Waals surface area (Å²) in [7, 11) is 4.81. The second-order valence-electron chi connectivity index (χ2n) is 10.9. The Hall–Kier alpha value is -5.78. The maximum atomic E-state index is 15.4. The van der Waals surface area contributed by atoms with E-state index in [1.165, 1.54) is 17.0 Å². The van der Waals surface area contributed by atoms with E-state index < -0.39 is 17.6 Å². The third-order valence-electron chi connectivity index (χ3n) is 7.90. The molecule has 12 heteroatoms. The van der Waals surface area contributed by atoms with Crippen LogP contribution in [0.25, 0.3) is 22.3 Å². The second kappa shape index (κ2) is 12.7. The predicted octanol–water partition coefficient (Wildman–Crippen LogP) is 4.86. The summed E-state index contributed by atoms with van der Waals surface area (Å²) in [4.78, 5) is 43.1. The lowest BCUT2D eigenvalue weighted by atomic mass is 10.1. The number of pyridine rings is 1. The van der Waals surface area contributed by atoms with E-state index >= 15 is 4.39 Å². The molecule has 3 heterocycles. The predicted molar refractivity (Wildman–Crippen MR) is 169 cm³/mol. The van der Waals surface area contributed by atoms with Crippen molar-refractivity contribution in [3.8, 4) is 28.5 Å². The fourth-order valence-corrected chi connectivity index (χ4v) is 5.37. The number of hydrogen-bond acceptors (Lipinski definition) is 7. The molecule has 1 aliphatic rings. The Morgan fingerprint density at radius 1 is 1.02 bits per heavy atom. The minimum atomic E-state index is -0.799. The summed E-state index contributed by atoms with van der Waals surface area (Å²) in [6, 6.07) is 20.3. The zero-order chi connectivity index (χ0) is 32.4. The molecule has 5 aromatic rings. The second-order valence-corrected chi connectivity index (χ2v) is 10.9. The number of nitrogens with zero attached hydrogens (tertiary/aromatic N) is 4. The van der Waals surface area contributed by atoms with E-state index in [-0.39, 0.29) is 23.3 Å². The van der Waals surface area contributed by atoms with Gasteiger partial charge in [0.1, 0.15) is 23.1 Å². The van der Waals surface area contributed by atoms with E-state index in [1.807, 2.05) is 24.3 Å². The zero-order valence-corrected chi connectivity index (χ0v) is 25.4. The average molecular weight is 623 g/mol. The molecule has 1 saturated heterocycles. The monoisotopic (exact) mass is 622 g/mol. The topological polar surface area (TPSA) is 128 Å². The molecule has 234 valence electrons. The molecular weight excluding hydrogens is 591 g/mol. The van der Waals surface area contributed by atoms with Gasteiger partial charge in [-0.3, -0.25) is 14.4 Å². The van der Waals surface area contributed by atoms with Crippen molar-refractivity contribution < 1.29 is 28.2 Å². The maximum Gasteiger partial charge on any atom is 0.251 e. The highest BCUT2D eigenvalue weighted by Gasteiger charge is 2.35. The Balaban J connectivity index is 1.34. The van der Waals surface area contributed by atoms with Crippen LogP contribution in [-0.2, 0) is 16.1 Å². The Morgan fingerprint density at radius 2 is 1.78 bits per heavy atom. The summed E-state index contributed by atoms with van der Waals surface area (Å²) in [5.41, 5.74) is 3.39. The lowest BCUT2D eigenvalue weighted by Gasteiger charge is -2.13. The Kier molecular flexibility index (Phi) is 8.34. The van der Waals surface area contributed by atoms with Crippen molar-refractivity contribution in [2.24, 2.45) is 5.92 Å². The van der Waals surface area contributed by atoms with Crippen LogP contribution in [0, 0.1) is 11.7 Å². The molecule has 3 amide bonds. The van der Waals surface area contributed by atoms with E-state index in [0.717, 1.165) is 17.4 Å². The Labute approximate surface area is 263 Å². The van der Waals surface area contributed by atoms with Gasteiger partial charge in [-0.25, -0.2) is 14.1 Å². The molecule has 1 aliphatic heterocycles.